The lowest BCUT2D eigenvalue weighted by atomic mass is 10.1. The number of hydrogen-bond acceptors (Lipinski definition) is 3. The first kappa shape index (κ1) is 13.9. The molecular formula is C16H16ClN3O. The second-order valence-corrected chi connectivity index (χ2v) is 5.67. The van der Waals surface area contributed by atoms with E-state index in [4.69, 9.17) is 17.3 Å². The summed E-state index contributed by atoms with van der Waals surface area (Å²) in [6.45, 7) is 0.576. The molecule has 1 fully saturated rings. The molecule has 2 aromatic rings. The van der Waals surface area contributed by atoms with E-state index < -0.39 is 0 Å². The van der Waals surface area contributed by atoms with Crippen LogP contribution in [0.2, 0.25) is 5.02 Å². The van der Waals surface area contributed by atoms with Crippen molar-refractivity contribution in [2.75, 3.05) is 5.73 Å². The Morgan fingerprint density at radius 1 is 1.29 bits per heavy atom. The topological polar surface area (TPSA) is 59.2 Å². The summed E-state index contributed by atoms with van der Waals surface area (Å²) in [5.74, 6) is -0.0423. The van der Waals surface area contributed by atoms with Crippen LogP contribution in [-0.2, 0) is 6.54 Å². The van der Waals surface area contributed by atoms with Gasteiger partial charge in [-0.25, -0.2) is 0 Å². The Balaban J connectivity index is 1.85. The monoisotopic (exact) mass is 301 g/mol. The number of hydrogen-bond donors (Lipinski definition) is 1. The quantitative estimate of drug-likeness (QED) is 0.883. The molecule has 3 rings (SSSR count). The summed E-state index contributed by atoms with van der Waals surface area (Å²) in [6.07, 6.45) is 5.56. The lowest BCUT2D eigenvalue weighted by Gasteiger charge is -2.23. The zero-order valence-electron chi connectivity index (χ0n) is 11.5. The number of aromatic nitrogens is 1. The van der Waals surface area contributed by atoms with Gasteiger partial charge >= 0.3 is 0 Å². The number of anilines is 1. The molecule has 108 valence electrons. The maximum Gasteiger partial charge on any atom is 0.255 e. The van der Waals surface area contributed by atoms with Gasteiger partial charge in [0.25, 0.3) is 5.91 Å². The minimum absolute atomic E-state index is 0.0423. The van der Waals surface area contributed by atoms with Crippen LogP contribution in [0.5, 0.6) is 0 Å². The summed E-state index contributed by atoms with van der Waals surface area (Å²) in [5, 5.41) is 0.403. The van der Waals surface area contributed by atoms with Gasteiger partial charge in [-0.05, 0) is 48.7 Å². The summed E-state index contributed by atoms with van der Waals surface area (Å²) in [6, 6.07) is 9.17. The Kier molecular flexibility index (Phi) is 3.80. The second kappa shape index (κ2) is 5.74. The van der Waals surface area contributed by atoms with Crippen LogP contribution in [0.25, 0.3) is 0 Å². The number of amides is 1. The summed E-state index contributed by atoms with van der Waals surface area (Å²) in [4.78, 5) is 18.6. The molecule has 2 N–H and O–H groups in total. The van der Waals surface area contributed by atoms with Crippen molar-refractivity contribution in [3.63, 3.8) is 0 Å². The Labute approximate surface area is 128 Å². The van der Waals surface area contributed by atoms with Gasteiger partial charge in [0.15, 0.2) is 0 Å². The van der Waals surface area contributed by atoms with E-state index >= 15 is 0 Å². The molecule has 1 aliphatic rings. The van der Waals surface area contributed by atoms with E-state index in [0.717, 1.165) is 18.4 Å². The zero-order valence-corrected chi connectivity index (χ0v) is 12.3. The Morgan fingerprint density at radius 3 is 2.62 bits per heavy atom. The van der Waals surface area contributed by atoms with Gasteiger partial charge in [-0.2, -0.15) is 0 Å². The molecule has 0 spiro atoms. The molecule has 0 aliphatic heterocycles. The van der Waals surface area contributed by atoms with Crippen molar-refractivity contribution >= 4 is 23.2 Å². The number of nitrogens with two attached hydrogens (primary N) is 1. The highest BCUT2D eigenvalue weighted by Crippen LogP contribution is 2.31. The van der Waals surface area contributed by atoms with E-state index in [2.05, 4.69) is 4.98 Å². The van der Waals surface area contributed by atoms with Crippen molar-refractivity contribution in [2.45, 2.75) is 25.4 Å². The van der Waals surface area contributed by atoms with Gasteiger partial charge in [-0.1, -0.05) is 11.6 Å². The van der Waals surface area contributed by atoms with Gasteiger partial charge in [0.05, 0.1) is 10.6 Å². The molecular weight excluding hydrogens is 286 g/mol. The number of halogens is 1. The third-order valence-electron chi connectivity index (χ3n) is 3.57. The second-order valence-electron chi connectivity index (χ2n) is 5.26. The Morgan fingerprint density at radius 2 is 2.00 bits per heavy atom. The van der Waals surface area contributed by atoms with Crippen molar-refractivity contribution in [3.05, 3.63) is 58.9 Å². The highest BCUT2D eigenvalue weighted by molar-refractivity contribution is 6.34. The summed E-state index contributed by atoms with van der Waals surface area (Å²) >= 11 is 6.16. The van der Waals surface area contributed by atoms with Crippen molar-refractivity contribution in [1.82, 2.24) is 9.88 Å². The normalized spacial score (nSPS) is 14.0. The molecule has 1 aromatic heterocycles. The molecule has 0 bridgehead atoms. The van der Waals surface area contributed by atoms with Crippen LogP contribution in [0.15, 0.2) is 42.7 Å². The minimum Gasteiger partial charge on any atom is -0.399 e. The third kappa shape index (κ3) is 3.16. The lowest BCUT2D eigenvalue weighted by Crippen LogP contribution is -2.32. The number of nitrogens with zero attached hydrogens (tertiary/aromatic N) is 2. The van der Waals surface area contributed by atoms with Gasteiger partial charge in [0.2, 0.25) is 0 Å². The van der Waals surface area contributed by atoms with Gasteiger partial charge in [-0.3, -0.25) is 9.78 Å². The number of pyridine rings is 1. The first-order chi connectivity index (χ1) is 10.1. The van der Waals surface area contributed by atoms with Gasteiger partial charge in [-0.15, -0.1) is 0 Å². The van der Waals surface area contributed by atoms with Crippen LogP contribution in [0.1, 0.15) is 28.8 Å². The molecule has 1 amide bonds. The average molecular weight is 302 g/mol. The van der Waals surface area contributed by atoms with Crippen LogP contribution < -0.4 is 5.73 Å². The van der Waals surface area contributed by atoms with Crippen LogP contribution in [0.3, 0.4) is 0 Å². The van der Waals surface area contributed by atoms with E-state index in [1.807, 2.05) is 17.0 Å². The number of nitrogen functional groups attached to an aromatic ring is 1. The SMILES string of the molecule is Nc1ccc(C(=O)N(Cc2ccncc2)C2CC2)c(Cl)c1. The molecule has 1 aliphatic carbocycles. The molecule has 1 saturated carbocycles. The fourth-order valence-corrected chi connectivity index (χ4v) is 2.57. The Hall–Kier alpha value is -2.07. The van der Waals surface area contributed by atoms with Gasteiger partial charge < -0.3 is 10.6 Å². The summed E-state index contributed by atoms with van der Waals surface area (Å²) in [5.41, 5.74) is 7.81. The average Bonchev–Trinajstić information content (AvgIpc) is 3.30. The molecule has 4 nitrogen and oxygen atoms in total. The number of benzene rings is 1. The van der Waals surface area contributed by atoms with E-state index in [-0.39, 0.29) is 5.91 Å². The first-order valence-electron chi connectivity index (χ1n) is 6.90. The molecule has 0 radical (unpaired) electrons. The predicted octanol–water partition coefficient (Wildman–Crippen LogP) is 3.12. The molecule has 5 heteroatoms. The fourth-order valence-electron chi connectivity index (χ4n) is 2.30. The minimum atomic E-state index is -0.0423. The zero-order chi connectivity index (χ0) is 14.8. The molecule has 0 saturated heterocycles. The standard InChI is InChI=1S/C16H16ClN3O/c17-15-9-12(18)1-4-14(15)16(21)20(13-2-3-13)10-11-5-7-19-8-6-11/h1,4-9,13H,2-3,10,18H2. The van der Waals surface area contributed by atoms with Crippen LogP contribution in [0.4, 0.5) is 5.69 Å². The summed E-state index contributed by atoms with van der Waals surface area (Å²) < 4.78 is 0. The number of carbonyl (C=O) groups is 1. The van der Waals surface area contributed by atoms with Crippen LogP contribution >= 0.6 is 11.6 Å². The highest BCUT2D eigenvalue weighted by atomic mass is 35.5. The van der Waals surface area contributed by atoms with Crippen molar-refractivity contribution in [1.29, 1.82) is 0 Å². The van der Waals surface area contributed by atoms with E-state index in [0.29, 0.717) is 28.9 Å². The van der Waals surface area contributed by atoms with Crippen molar-refractivity contribution in [2.24, 2.45) is 0 Å². The molecule has 21 heavy (non-hydrogen) atoms. The van der Waals surface area contributed by atoms with Crippen LogP contribution in [-0.4, -0.2) is 21.8 Å². The van der Waals surface area contributed by atoms with E-state index in [1.54, 1.807) is 30.6 Å². The van der Waals surface area contributed by atoms with E-state index in [9.17, 15) is 4.79 Å². The smallest absolute Gasteiger partial charge is 0.255 e. The van der Waals surface area contributed by atoms with E-state index in [1.165, 1.54) is 0 Å². The van der Waals surface area contributed by atoms with Gasteiger partial charge in [0.1, 0.15) is 0 Å². The molecule has 1 heterocycles. The van der Waals surface area contributed by atoms with Crippen molar-refractivity contribution < 1.29 is 4.79 Å². The molecule has 0 unspecified atom stereocenters. The Bertz CT molecular complexity index is 656. The maximum absolute atomic E-state index is 12.7. The maximum atomic E-state index is 12.7. The first-order valence-corrected chi connectivity index (χ1v) is 7.28. The third-order valence-corrected chi connectivity index (χ3v) is 3.89. The lowest BCUT2D eigenvalue weighted by molar-refractivity contribution is 0.0730. The highest BCUT2D eigenvalue weighted by Gasteiger charge is 2.33. The van der Waals surface area contributed by atoms with Crippen LogP contribution in [0, 0.1) is 0 Å². The van der Waals surface area contributed by atoms with Gasteiger partial charge in [0, 0.05) is 30.7 Å². The van der Waals surface area contributed by atoms with Crippen molar-refractivity contribution in [3.8, 4) is 0 Å². The number of carbonyl (C=O) groups excluding carboxylic acids is 1. The number of rotatable bonds is 4. The largest absolute Gasteiger partial charge is 0.399 e. The summed E-state index contributed by atoms with van der Waals surface area (Å²) in [7, 11) is 0. The molecule has 0 atom stereocenters. The predicted molar refractivity (Wildman–Crippen MR) is 83.0 cm³/mol. The molecule has 1 aromatic carbocycles. The fraction of sp³-hybridized carbons (Fsp3) is 0.250.